The number of hydrogen-bond acceptors (Lipinski definition) is 6. The molecule has 0 saturated heterocycles. The van der Waals surface area contributed by atoms with Crippen LogP contribution < -0.4 is 4.90 Å². The average molecular weight is 483 g/mol. The number of amides is 1. The zero-order chi connectivity index (χ0) is 23.6. The van der Waals surface area contributed by atoms with Crippen molar-refractivity contribution >= 4 is 42.4 Å². The van der Waals surface area contributed by atoms with E-state index in [0.717, 1.165) is 21.3 Å². The molecule has 6 nitrogen and oxygen atoms in total. The molecule has 0 aliphatic rings. The highest BCUT2D eigenvalue weighted by atomic mass is 32.2. The summed E-state index contributed by atoms with van der Waals surface area (Å²) in [4.78, 5) is 19.8. The van der Waals surface area contributed by atoms with E-state index >= 15 is 0 Å². The first kappa shape index (κ1) is 23.2. The molecule has 8 heteroatoms. The van der Waals surface area contributed by atoms with E-state index in [1.807, 2.05) is 26.0 Å². The number of fused-ring (bicyclic) bond motifs is 1. The van der Waals surface area contributed by atoms with Crippen LogP contribution in [0.15, 0.2) is 64.1 Å². The van der Waals surface area contributed by atoms with Crippen LogP contribution in [-0.4, -0.2) is 25.1 Å². The van der Waals surface area contributed by atoms with Crippen molar-refractivity contribution in [2.45, 2.75) is 45.1 Å². The first-order valence-electron chi connectivity index (χ1n) is 10.7. The highest BCUT2D eigenvalue weighted by Crippen LogP contribution is 2.32. The third kappa shape index (κ3) is 5.34. The summed E-state index contributed by atoms with van der Waals surface area (Å²) in [5.41, 5.74) is 4.16. The Morgan fingerprint density at radius 3 is 2.48 bits per heavy atom. The van der Waals surface area contributed by atoms with Crippen LogP contribution in [0.5, 0.6) is 0 Å². The molecule has 2 aromatic carbocycles. The number of carbonyl (C=O) groups excluding carboxylic acids is 1. The second-order valence-corrected chi connectivity index (χ2v) is 11.3. The monoisotopic (exact) mass is 482 g/mol. The molecule has 0 saturated carbocycles. The van der Waals surface area contributed by atoms with Crippen LogP contribution in [0.3, 0.4) is 0 Å². The van der Waals surface area contributed by atoms with Gasteiger partial charge in [0, 0.05) is 6.42 Å². The van der Waals surface area contributed by atoms with Gasteiger partial charge < -0.3 is 4.42 Å². The third-order valence-electron chi connectivity index (χ3n) is 5.60. The maximum atomic E-state index is 13.2. The van der Waals surface area contributed by atoms with E-state index in [9.17, 15) is 13.2 Å². The van der Waals surface area contributed by atoms with Crippen molar-refractivity contribution in [1.29, 1.82) is 0 Å². The lowest BCUT2D eigenvalue weighted by Gasteiger charge is -2.18. The molecule has 0 fully saturated rings. The van der Waals surface area contributed by atoms with Crippen molar-refractivity contribution in [3.63, 3.8) is 0 Å². The van der Waals surface area contributed by atoms with E-state index in [0.29, 0.717) is 10.9 Å². The number of hydrogen-bond donors (Lipinski definition) is 0. The summed E-state index contributed by atoms with van der Waals surface area (Å²) in [5.74, 6) is 0.370. The molecule has 172 valence electrons. The Kier molecular flexibility index (Phi) is 6.67. The number of aromatic nitrogens is 1. The Labute approximate surface area is 197 Å². The zero-order valence-electron chi connectivity index (χ0n) is 18.9. The Morgan fingerprint density at radius 2 is 1.79 bits per heavy atom. The summed E-state index contributed by atoms with van der Waals surface area (Å²) < 4.78 is 31.8. The smallest absolute Gasteiger partial charge is 0.229 e. The fourth-order valence-corrected chi connectivity index (χ4v) is 5.89. The first-order chi connectivity index (χ1) is 15.7. The molecule has 1 amide bonds. The second kappa shape index (κ2) is 9.49. The lowest BCUT2D eigenvalue weighted by atomic mass is 10.1. The summed E-state index contributed by atoms with van der Waals surface area (Å²) in [6, 6.07) is 14.5. The third-order valence-corrected chi connectivity index (χ3v) is 8.46. The lowest BCUT2D eigenvalue weighted by Crippen LogP contribution is -2.30. The summed E-state index contributed by atoms with van der Waals surface area (Å²) in [7, 11) is -3.45. The Hall–Kier alpha value is -2.97. The molecule has 0 unspecified atom stereocenters. The molecule has 2 heterocycles. The molecule has 0 spiro atoms. The number of furan rings is 1. The quantitative estimate of drug-likeness (QED) is 0.326. The molecule has 0 radical (unpaired) electrons. The van der Waals surface area contributed by atoms with Crippen molar-refractivity contribution in [3.05, 3.63) is 77.2 Å². The van der Waals surface area contributed by atoms with Crippen LogP contribution in [0.1, 0.15) is 35.3 Å². The first-order valence-corrected chi connectivity index (χ1v) is 13.2. The predicted octanol–water partition coefficient (Wildman–Crippen LogP) is 5.60. The van der Waals surface area contributed by atoms with Crippen LogP contribution in [0.4, 0.5) is 5.13 Å². The highest BCUT2D eigenvalue weighted by molar-refractivity contribution is 7.91. The summed E-state index contributed by atoms with van der Waals surface area (Å²) in [6.07, 6.45) is 1.89. The van der Waals surface area contributed by atoms with Crippen molar-refractivity contribution in [1.82, 2.24) is 4.98 Å². The average Bonchev–Trinajstić information content (AvgIpc) is 3.42. The van der Waals surface area contributed by atoms with Gasteiger partial charge in [0.2, 0.25) is 5.91 Å². The number of aryl methyl sites for hydroxylation is 3. The second-order valence-electron chi connectivity index (χ2n) is 8.20. The van der Waals surface area contributed by atoms with Gasteiger partial charge in [0.05, 0.1) is 33.7 Å². The van der Waals surface area contributed by atoms with E-state index in [1.54, 1.807) is 41.5 Å². The molecule has 0 aliphatic heterocycles. The number of anilines is 1. The number of nitrogens with zero attached hydrogens (tertiary/aromatic N) is 2. The Balaban J connectivity index is 1.52. The van der Waals surface area contributed by atoms with Crippen LogP contribution in [-0.2, 0) is 21.2 Å². The summed E-state index contributed by atoms with van der Waals surface area (Å²) in [5, 5.41) is 0.581. The van der Waals surface area contributed by atoms with Crippen LogP contribution >= 0.6 is 11.3 Å². The van der Waals surface area contributed by atoms with E-state index in [-0.39, 0.29) is 35.9 Å². The normalized spacial score (nSPS) is 11.7. The number of benzene rings is 2. The number of thiazole rings is 1. The molecule has 33 heavy (non-hydrogen) atoms. The van der Waals surface area contributed by atoms with Gasteiger partial charge in [-0.1, -0.05) is 29.0 Å². The van der Waals surface area contributed by atoms with Gasteiger partial charge in [-0.2, -0.15) is 0 Å². The fourth-order valence-electron chi connectivity index (χ4n) is 3.52. The summed E-state index contributed by atoms with van der Waals surface area (Å²) >= 11 is 1.45. The van der Waals surface area contributed by atoms with E-state index in [4.69, 9.17) is 9.40 Å². The van der Waals surface area contributed by atoms with E-state index in [1.165, 1.54) is 16.9 Å². The van der Waals surface area contributed by atoms with Gasteiger partial charge in [-0.05, 0) is 74.7 Å². The number of carbonyl (C=O) groups is 1. The van der Waals surface area contributed by atoms with Gasteiger partial charge in [-0.25, -0.2) is 13.4 Å². The SMILES string of the molecule is Cc1ccc(S(=O)(=O)CCCC(=O)N(Cc2ccco2)c2nc3cc(C)c(C)cc3s2)cc1. The van der Waals surface area contributed by atoms with Gasteiger partial charge in [-0.3, -0.25) is 9.69 Å². The Morgan fingerprint density at radius 1 is 1.06 bits per heavy atom. The topological polar surface area (TPSA) is 80.5 Å². The standard InChI is InChI=1S/C25H26N2O4S2/c1-17-8-10-21(11-9-17)33(29,30)13-5-7-24(28)27(16-20-6-4-12-31-20)25-26-22-14-18(2)19(3)15-23(22)32-25/h4,6,8-12,14-15H,5,7,13,16H2,1-3H3. The minimum absolute atomic E-state index is 0.0887. The van der Waals surface area contributed by atoms with Crippen LogP contribution in [0, 0.1) is 20.8 Å². The van der Waals surface area contributed by atoms with Gasteiger partial charge in [0.15, 0.2) is 15.0 Å². The van der Waals surface area contributed by atoms with Gasteiger partial charge in [0.25, 0.3) is 0 Å². The minimum Gasteiger partial charge on any atom is -0.467 e. The molecule has 4 aromatic rings. The minimum atomic E-state index is -3.45. The molecule has 0 atom stereocenters. The van der Waals surface area contributed by atoms with Crippen molar-refractivity contribution in [2.75, 3.05) is 10.7 Å². The van der Waals surface area contributed by atoms with Gasteiger partial charge >= 0.3 is 0 Å². The molecular formula is C25H26N2O4S2. The molecule has 4 rings (SSSR count). The van der Waals surface area contributed by atoms with Gasteiger partial charge in [0.1, 0.15) is 5.76 Å². The van der Waals surface area contributed by atoms with E-state index in [2.05, 4.69) is 13.0 Å². The van der Waals surface area contributed by atoms with Crippen LogP contribution in [0.2, 0.25) is 0 Å². The molecule has 0 aliphatic carbocycles. The van der Waals surface area contributed by atoms with Gasteiger partial charge in [-0.15, -0.1) is 0 Å². The van der Waals surface area contributed by atoms with Crippen molar-refractivity contribution in [2.24, 2.45) is 0 Å². The molecule has 2 aromatic heterocycles. The largest absolute Gasteiger partial charge is 0.467 e. The maximum absolute atomic E-state index is 13.2. The van der Waals surface area contributed by atoms with Crippen molar-refractivity contribution < 1.29 is 17.6 Å². The molecular weight excluding hydrogens is 456 g/mol. The van der Waals surface area contributed by atoms with E-state index < -0.39 is 9.84 Å². The molecule has 0 bridgehead atoms. The summed E-state index contributed by atoms with van der Waals surface area (Å²) in [6.45, 7) is 6.24. The predicted molar refractivity (Wildman–Crippen MR) is 131 cm³/mol. The fraction of sp³-hybridized carbons (Fsp3) is 0.280. The zero-order valence-corrected chi connectivity index (χ0v) is 20.5. The van der Waals surface area contributed by atoms with Crippen molar-refractivity contribution in [3.8, 4) is 0 Å². The van der Waals surface area contributed by atoms with Crippen LogP contribution in [0.25, 0.3) is 10.2 Å². The highest BCUT2D eigenvalue weighted by Gasteiger charge is 2.23. The number of sulfone groups is 1. The lowest BCUT2D eigenvalue weighted by molar-refractivity contribution is -0.118. The Bertz CT molecular complexity index is 1330. The number of rotatable bonds is 8. The maximum Gasteiger partial charge on any atom is 0.229 e. The molecule has 0 N–H and O–H groups in total.